The number of rotatable bonds is 5. The first-order chi connectivity index (χ1) is 12.1. The summed E-state index contributed by atoms with van der Waals surface area (Å²) in [5.74, 6) is 0.370. The zero-order valence-electron chi connectivity index (χ0n) is 13.6. The van der Waals surface area contributed by atoms with E-state index in [0.717, 1.165) is 5.69 Å². The lowest BCUT2D eigenvalue weighted by Gasteiger charge is -2.08. The number of pyridine rings is 2. The van der Waals surface area contributed by atoms with E-state index in [1.807, 2.05) is 12.1 Å². The lowest BCUT2D eigenvalue weighted by Crippen LogP contribution is -2.12. The van der Waals surface area contributed by atoms with Gasteiger partial charge in [0.05, 0.1) is 17.4 Å². The van der Waals surface area contributed by atoms with Gasteiger partial charge in [0.2, 0.25) is 0 Å². The number of aromatic nitrogens is 2. The van der Waals surface area contributed by atoms with Crippen molar-refractivity contribution in [3.63, 3.8) is 0 Å². The van der Waals surface area contributed by atoms with E-state index in [2.05, 4.69) is 20.6 Å². The molecule has 2 heterocycles. The molecule has 1 amide bonds. The Bertz CT molecular complexity index is 893. The smallest absolute Gasteiger partial charge is 0.257 e. The van der Waals surface area contributed by atoms with Gasteiger partial charge in [0, 0.05) is 23.6 Å². The third-order valence-electron chi connectivity index (χ3n) is 3.49. The normalized spacial score (nSPS) is 10.1. The van der Waals surface area contributed by atoms with E-state index in [1.54, 1.807) is 48.8 Å². The molecule has 2 N–H and O–H groups in total. The van der Waals surface area contributed by atoms with Crippen LogP contribution in [0.5, 0.6) is 0 Å². The molecule has 124 valence electrons. The fourth-order valence-corrected chi connectivity index (χ4v) is 2.21. The molecule has 0 aliphatic carbocycles. The summed E-state index contributed by atoms with van der Waals surface area (Å²) in [5.41, 5.74) is 2.46. The highest BCUT2D eigenvalue weighted by Crippen LogP contribution is 2.18. The van der Waals surface area contributed by atoms with Gasteiger partial charge in [-0.05, 0) is 43.3 Å². The van der Waals surface area contributed by atoms with E-state index >= 15 is 0 Å². The topological polar surface area (TPSA) is 84.0 Å². The Morgan fingerprint density at radius 3 is 2.44 bits per heavy atom. The predicted molar refractivity (Wildman–Crippen MR) is 96.2 cm³/mol. The van der Waals surface area contributed by atoms with Gasteiger partial charge in [-0.3, -0.25) is 14.6 Å². The number of hydrogen-bond donors (Lipinski definition) is 2. The highest BCUT2D eigenvalue weighted by atomic mass is 16.1. The largest absolute Gasteiger partial charge is 0.340 e. The molecule has 0 bridgehead atoms. The number of carbonyl (C=O) groups excluding carboxylic acids is 2. The number of benzene rings is 1. The van der Waals surface area contributed by atoms with Gasteiger partial charge in [0.25, 0.3) is 5.91 Å². The first-order valence-electron chi connectivity index (χ1n) is 7.67. The minimum atomic E-state index is -0.246. The van der Waals surface area contributed by atoms with Crippen LogP contribution < -0.4 is 10.6 Å². The van der Waals surface area contributed by atoms with Crippen molar-refractivity contribution in [2.45, 2.75) is 6.92 Å². The minimum Gasteiger partial charge on any atom is -0.340 e. The van der Waals surface area contributed by atoms with E-state index < -0.39 is 0 Å². The summed E-state index contributed by atoms with van der Waals surface area (Å²) in [5, 5.41) is 5.88. The lowest BCUT2D eigenvalue weighted by molar-refractivity contribution is 0.101. The van der Waals surface area contributed by atoms with Crippen molar-refractivity contribution in [3.05, 3.63) is 78.2 Å². The minimum absolute atomic E-state index is 0.00470. The molecule has 6 nitrogen and oxygen atoms in total. The Morgan fingerprint density at radius 2 is 1.76 bits per heavy atom. The molecular weight excluding hydrogens is 316 g/mol. The second kappa shape index (κ2) is 7.35. The number of Topliss-reactive ketones (excluding diaryl/α,β-unsaturated/α-hetero) is 1. The third kappa shape index (κ3) is 4.26. The van der Waals surface area contributed by atoms with Gasteiger partial charge in [0.15, 0.2) is 5.78 Å². The summed E-state index contributed by atoms with van der Waals surface area (Å²) in [4.78, 5) is 31.7. The fourth-order valence-electron chi connectivity index (χ4n) is 2.21. The van der Waals surface area contributed by atoms with Gasteiger partial charge in [-0.15, -0.1) is 0 Å². The van der Waals surface area contributed by atoms with Crippen LogP contribution in [0.4, 0.5) is 17.2 Å². The summed E-state index contributed by atoms with van der Waals surface area (Å²) in [6.45, 7) is 1.52. The summed E-state index contributed by atoms with van der Waals surface area (Å²) >= 11 is 0. The van der Waals surface area contributed by atoms with Crippen LogP contribution in [0, 0.1) is 0 Å². The van der Waals surface area contributed by atoms with Crippen LogP contribution in [0.2, 0.25) is 0 Å². The molecule has 3 rings (SSSR count). The fraction of sp³-hybridized carbons (Fsp3) is 0.0526. The monoisotopic (exact) mass is 332 g/mol. The van der Waals surface area contributed by atoms with E-state index in [-0.39, 0.29) is 11.7 Å². The Morgan fingerprint density at radius 1 is 0.920 bits per heavy atom. The molecule has 0 saturated carbocycles. The Balaban J connectivity index is 1.67. The van der Waals surface area contributed by atoms with Crippen LogP contribution >= 0.6 is 0 Å². The van der Waals surface area contributed by atoms with Crippen molar-refractivity contribution in [1.82, 2.24) is 9.97 Å². The van der Waals surface area contributed by atoms with Crippen molar-refractivity contribution in [2.75, 3.05) is 10.6 Å². The van der Waals surface area contributed by atoms with Crippen molar-refractivity contribution in [2.24, 2.45) is 0 Å². The zero-order chi connectivity index (χ0) is 17.6. The number of nitrogens with zero attached hydrogens (tertiary/aromatic N) is 2. The van der Waals surface area contributed by atoms with Gasteiger partial charge in [-0.25, -0.2) is 4.98 Å². The van der Waals surface area contributed by atoms with Gasteiger partial charge < -0.3 is 10.6 Å². The second-order valence-electron chi connectivity index (χ2n) is 5.39. The highest BCUT2D eigenvalue weighted by molar-refractivity contribution is 6.04. The van der Waals surface area contributed by atoms with E-state index in [0.29, 0.717) is 22.6 Å². The number of nitrogens with one attached hydrogen (secondary N) is 2. The van der Waals surface area contributed by atoms with Gasteiger partial charge in [-0.1, -0.05) is 12.1 Å². The van der Waals surface area contributed by atoms with E-state index in [1.165, 1.54) is 13.1 Å². The number of carbonyl (C=O) groups is 2. The molecule has 0 aliphatic heterocycles. The molecule has 0 fully saturated rings. The van der Waals surface area contributed by atoms with Crippen LogP contribution in [0.1, 0.15) is 27.6 Å². The number of amides is 1. The first-order valence-corrected chi connectivity index (χ1v) is 7.67. The van der Waals surface area contributed by atoms with Gasteiger partial charge in [0.1, 0.15) is 5.82 Å². The summed E-state index contributed by atoms with van der Waals surface area (Å²) in [6.07, 6.45) is 4.67. The Hall–Kier alpha value is -3.54. The molecule has 6 heteroatoms. The van der Waals surface area contributed by atoms with Gasteiger partial charge >= 0.3 is 0 Å². The number of anilines is 3. The third-order valence-corrected chi connectivity index (χ3v) is 3.49. The molecule has 3 aromatic rings. The van der Waals surface area contributed by atoms with Crippen LogP contribution in [0.25, 0.3) is 0 Å². The maximum absolute atomic E-state index is 12.1. The molecule has 0 atom stereocenters. The average Bonchev–Trinajstić information content (AvgIpc) is 2.64. The molecule has 0 spiro atoms. The van der Waals surface area contributed by atoms with Crippen LogP contribution in [0.15, 0.2) is 67.1 Å². The summed E-state index contributed by atoms with van der Waals surface area (Å²) in [6, 6.07) is 14.1. The molecule has 2 aromatic heterocycles. The van der Waals surface area contributed by atoms with E-state index in [9.17, 15) is 9.59 Å². The van der Waals surface area contributed by atoms with Crippen LogP contribution in [0.3, 0.4) is 0 Å². The molecular formula is C19H16N4O2. The zero-order valence-corrected chi connectivity index (χ0v) is 13.6. The predicted octanol–water partition coefficient (Wildman–Crippen LogP) is 3.68. The SMILES string of the molecule is CC(=O)c1cccc(Nc2ccc(NC(=O)c3cccnc3)cn2)c1. The van der Waals surface area contributed by atoms with Crippen molar-refractivity contribution in [1.29, 1.82) is 0 Å². The Labute approximate surface area is 145 Å². The molecule has 25 heavy (non-hydrogen) atoms. The number of hydrogen-bond acceptors (Lipinski definition) is 5. The van der Waals surface area contributed by atoms with Crippen molar-refractivity contribution in [3.8, 4) is 0 Å². The van der Waals surface area contributed by atoms with Crippen LogP contribution in [-0.4, -0.2) is 21.7 Å². The standard InChI is InChI=1S/C19H16N4O2/c1-13(24)14-4-2-6-16(10-14)22-18-8-7-17(12-21-18)23-19(25)15-5-3-9-20-11-15/h2-12H,1H3,(H,21,22)(H,23,25). The van der Waals surface area contributed by atoms with Gasteiger partial charge in [-0.2, -0.15) is 0 Å². The molecule has 1 aromatic carbocycles. The average molecular weight is 332 g/mol. The first kappa shape index (κ1) is 16.3. The molecule has 0 saturated heterocycles. The molecule has 0 aliphatic rings. The highest BCUT2D eigenvalue weighted by Gasteiger charge is 2.06. The maximum Gasteiger partial charge on any atom is 0.257 e. The quantitative estimate of drug-likeness (QED) is 0.696. The lowest BCUT2D eigenvalue weighted by atomic mass is 10.1. The van der Waals surface area contributed by atoms with E-state index in [4.69, 9.17) is 0 Å². The Kier molecular flexibility index (Phi) is 4.80. The van der Waals surface area contributed by atoms with Crippen molar-refractivity contribution >= 4 is 28.9 Å². The van der Waals surface area contributed by atoms with Crippen molar-refractivity contribution < 1.29 is 9.59 Å². The molecule has 0 unspecified atom stereocenters. The maximum atomic E-state index is 12.1. The second-order valence-corrected chi connectivity index (χ2v) is 5.39. The summed E-state index contributed by atoms with van der Waals surface area (Å²) < 4.78 is 0. The summed E-state index contributed by atoms with van der Waals surface area (Å²) in [7, 11) is 0. The van der Waals surface area contributed by atoms with Crippen LogP contribution in [-0.2, 0) is 0 Å². The molecule has 0 radical (unpaired) electrons. The number of ketones is 1.